The Morgan fingerprint density at radius 3 is 2.90 bits per heavy atom. The summed E-state index contributed by atoms with van der Waals surface area (Å²) in [7, 11) is 0. The molecule has 2 rings (SSSR count). The Labute approximate surface area is 123 Å². The van der Waals surface area contributed by atoms with E-state index < -0.39 is 0 Å². The molecule has 3 N–H and O–H groups in total. The topological polar surface area (TPSA) is 80.7 Å². The van der Waals surface area contributed by atoms with Gasteiger partial charge in [-0.1, -0.05) is 5.16 Å². The molecular weight excluding hydrogens is 329 g/mol. The van der Waals surface area contributed by atoms with E-state index in [1.54, 1.807) is 18.2 Å². The van der Waals surface area contributed by atoms with E-state index in [4.69, 9.17) is 15.7 Å². The second-order valence-electron chi connectivity index (χ2n) is 3.90. The summed E-state index contributed by atoms with van der Waals surface area (Å²) in [6.45, 7) is 0.256. The minimum Gasteiger partial charge on any atom is -0.489 e. The molecule has 104 valence electrons. The Bertz CT molecular complexity index is 649. The van der Waals surface area contributed by atoms with E-state index in [9.17, 15) is 4.39 Å². The van der Waals surface area contributed by atoms with Gasteiger partial charge in [-0.15, -0.1) is 0 Å². The van der Waals surface area contributed by atoms with Crippen LogP contribution in [0.4, 0.5) is 4.39 Å². The number of amidine groups is 1. The molecule has 20 heavy (non-hydrogen) atoms. The summed E-state index contributed by atoms with van der Waals surface area (Å²) in [5.74, 6) is 0.104. The first-order valence-electron chi connectivity index (χ1n) is 5.61. The lowest BCUT2D eigenvalue weighted by atomic mass is 10.2. The van der Waals surface area contributed by atoms with E-state index in [-0.39, 0.29) is 18.3 Å². The SMILES string of the molecule is N/C(=N/O)c1cc(COc2ccc(F)c(Br)c2)ccn1. The van der Waals surface area contributed by atoms with Gasteiger partial charge in [0.05, 0.1) is 4.47 Å². The van der Waals surface area contributed by atoms with Crippen molar-refractivity contribution < 1.29 is 14.3 Å². The smallest absolute Gasteiger partial charge is 0.188 e. The Morgan fingerprint density at radius 2 is 2.20 bits per heavy atom. The van der Waals surface area contributed by atoms with Crippen LogP contribution in [0.5, 0.6) is 5.75 Å². The zero-order chi connectivity index (χ0) is 14.5. The van der Waals surface area contributed by atoms with E-state index in [0.29, 0.717) is 15.9 Å². The van der Waals surface area contributed by atoms with Gasteiger partial charge in [-0.2, -0.15) is 0 Å². The quantitative estimate of drug-likeness (QED) is 0.388. The fraction of sp³-hybridized carbons (Fsp3) is 0.0769. The molecule has 7 heteroatoms. The average molecular weight is 340 g/mol. The van der Waals surface area contributed by atoms with Crippen molar-refractivity contribution in [3.05, 3.63) is 58.1 Å². The number of aromatic nitrogens is 1. The number of oxime groups is 1. The van der Waals surface area contributed by atoms with Gasteiger partial charge >= 0.3 is 0 Å². The maximum Gasteiger partial charge on any atom is 0.188 e. The van der Waals surface area contributed by atoms with E-state index in [0.717, 1.165) is 5.56 Å². The van der Waals surface area contributed by atoms with E-state index >= 15 is 0 Å². The highest BCUT2D eigenvalue weighted by Gasteiger charge is 2.04. The van der Waals surface area contributed by atoms with Crippen LogP contribution in [0.2, 0.25) is 0 Å². The molecule has 2 aromatic rings. The van der Waals surface area contributed by atoms with Crippen molar-refractivity contribution in [2.45, 2.75) is 6.61 Å². The number of rotatable bonds is 4. The molecule has 0 amide bonds. The van der Waals surface area contributed by atoms with Gasteiger partial charge < -0.3 is 15.7 Å². The van der Waals surface area contributed by atoms with Crippen LogP contribution in [0.25, 0.3) is 0 Å². The third-order valence-electron chi connectivity index (χ3n) is 2.49. The Morgan fingerprint density at radius 1 is 1.40 bits per heavy atom. The number of halogens is 2. The summed E-state index contributed by atoms with van der Waals surface area (Å²) < 4.78 is 18.9. The highest BCUT2D eigenvalue weighted by atomic mass is 79.9. The number of hydrogen-bond acceptors (Lipinski definition) is 4. The molecular formula is C13H11BrFN3O2. The molecule has 0 unspecified atom stereocenters. The second-order valence-corrected chi connectivity index (χ2v) is 4.75. The first kappa shape index (κ1) is 14.3. The van der Waals surface area contributed by atoms with Crippen molar-refractivity contribution in [2.75, 3.05) is 0 Å². The summed E-state index contributed by atoms with van der Waals surface area (Å²) in [5, 5.41) is 11.5. The molecule has 0 aliphatic heterocycles. The van der Waals surface area contributed by atoms with E-state index in [1.807, 2.05) is 0 Å². The van der Waals surface area contributed by atoms with Crippen molar-refractivity contribution in [2.24, 2.45) is 10.9 Å². The van der Waals surface area contributed by atoms with Crippen molar-refractivity contribution in [3.8, 4) is 5.75 Å². The number of hydrogen-bond donors (Lipinski definition) is 2. The largest absolute Gasteiger partial charge is 0.489 e. The summed E-state index contributed by atoms with van der Waals surface area (Å²) in [6, 6.07) is 7.78. The number of nitrogens with zero attached hydrogens (tertiary/aromatic N) is 2. The zero-order valence-electron chi connectivity index (χ0n) is 10.3. The van der Waals surface area contributed by atoms with Gasteiger partial charge in [0.25, 0.3) is 0 Å². The van der Waals surface area contributed by atoms with Gasteiger partial charge in [-0.3, -0.25) is 4.98 Å². The van der Waals surface area contributed by atoms with Gasteiger partial charge in [-0.05, 0) is 51.8 Å². The van der Waals surface area contributed by atoms with E-state index in [2.05, 4.69) is 26.1 Å². The summed E-state index contributed by atoms with van der Waals surface area (Å²) in [6.07, 6.45) is 1.53. The van der Waals surface area contributed by atoms with Crippen LogP contribution >= 0.6 is 15.9 Å². The van der Waals surface area contributed by atoms with Gasteiger partial charge in [0.15, 0.2) is 5.84 Å². The third kappa shape index (κ3) is 3.45. The molecule has 0 aliphatic carbocycles. The lowest BCUT2D eigenvalue weighted by Crippen LogP contribution is -2.15. The molecule has 0 saturated carbocycles. The molecule has 0 saturated heterocycles. The normalized spacial score (nSPS) is 11.4. The lowest BCUT2D eigenvalue weighted by Gasteiger charge is -2.08. The summed E-state index contributed by atoms with van der Waals surface area (Å²) in [5.41, 5.74) is 6.60. The van der Waals surface area contributed by atoms with Gasteiger partial charge in [0.1, 0.15) is 23.9 Å². The molecule has 0 bridgehead atoms. The van der Waals surface area contributed by atoms with Crippen LogP contribution in [0.3, 0.4) is 0 Å². The number of nitrogens with two attached hydrogens (primary N) is 1. The Hall–Kier alpha value is -2.15. The van der Waals surface area contributed by atoms with Crippen molar-refractivity contribution in [1.82, 2.24) is 4.98 Å². The molecule has 1 aromatic heterocycles. The minimum absolute atomic E-state index is 0.0728. The molecule has 0 spiro atoms. The predicted molar refractivity (Wildman–Crippen MR) is 75.2 cm³/mol. The summed E-state index contributed by atoms with van der Waals surface area (Å²) in [4.78, 5) is 3.96. The maximum atomic E-state index is 13.1. The Balaban J connectivity index is 2.09. The van der Waals surface area contributed by atoms with Gasteiger partial charge in [0, 0.05) is 6.20 Å². The van der Waals surface area contributed by atoms with Crippen LogP contribution in [0, 0.1) is 5.82 Å². The van der Waals surface area contributed by atoms with Crippen molar-refractivity contribution in [1.29, 1.82) is 0 Å². The Kier molecular flexibility index (Phi) is 4.52. The number of benzene rings is 1. The predicted octanol–water partition coefficient (Wildman–Crippen LogP) is 2.66. The van der Waals surface area contributed by atoms with Crippen molar-refractivity contribution >= 4 is 21.8 Å². The highest BCUT2D eigenvalue weighted by Crippen LogP contribution is 2.22. The summed E-state index contributed by atoms with van der Waals surface area (Å²) >= 11 is 3.09. The maximum absolute atomic E-state index is 13.1. The highest BCUT2D eigenvalue weighted by molar-refractivity contribution is 9.10. The molecule has 0 fully saturated rings. The molecule has 1 heterocycles. The lowest BCUT2D eigenvalue weighted by molar-refractivity contribution is 0.305. The molecule has 0 aliphatic rings. The first-order chi connectivity index (χ1) is 9.60. The molecule has 5 nitrogen and oxygen atoms in total. The average Bonchev–Trinajstić information content (AvgIpc) is 2.48. The molecule has 0 radical (unpaired) electrons. The van der Waals surface area contributed by atoms with Crippen LogP contribution in [-0.2, 0) is 6.61 Å². The third-order valence-corrected chi connectivity index (χ3v) is 3.10. The van der Waals surface area contributed by atoms with Crippen LogP contribution in [0.15, 0.2) is 46.2 Å². The van der Waals surface area contributed by atoms with Crippen LogP contribution < -0.4 is 10.5 Å². The number of ether oxygens (including phenoxy) is 1. The van der Waals surface area contributed by atoms with Gasteiger partial charge in [0.2, 0.25) is 0 Å². The zero-order valence-corrected chi connectivity index (χ0v) is 11.8. The van der Waals surface area contributed by atoms with Crippen molar-refractivity contribution in [3.63, 3.8) is 0 Å². The molecule has 1 aromatic carbocycles. The second kappa shape index (κ2) is 6.33. The monoisotopic (exact) mass is 339 g/mol. The number of pyridine rings is 1. The van der Waals surface area contributed by atoms with Crippen LogP contribution in [0.1, 0.15) is 11.3 Å². The fourth-order valence-electron chi connectivity index (χ4n) is 1.49. The molecule has 0 atom stereocenters. The van der Waals surface area contributed by atoms with E-state index in [1.165, 1.54) is 18.3 Å². The fourth-order valence-corrected chi connectivity index (χ4v) is 1.85. The van der Waals surface area contributed by atoms with Crippen LogP contribution in [-0.4, -0.2) is 16.0 Å². The first-order valence-corrected chi connectivity index (χ1v) is 6.40. The standard InChI is InChI=1S/C13H11BrFN3O2/c14-10-6-9(1-2-11(10)15)20-7-8-3-4-17-12(5-8)13(16)18-19/h1-6,19H,7H2,(H2,16,18). The minimum atomic E-state index is -0.351. The van der Waals surface area contributed by atoms with Gasteiger partial charge in [-0.25, -0.2) is 4.39 Å².